The number of hydrogen-bond donors (Lipinski definition) is 3. The molecule has 1 aromatic heterocycles. The number of carbonyl (C=O) groups is 2. The number of amides is 1. The van der Waals surface area contributed by atoms with E-state index in [1.54, 1.807) is 0 Å². The van der Waals surface area contributed by atoms with Gasteiger partial charge < -0.3 is 15.5 Å². The van der Waals surface area contributed by atoms with Crippen LogP contribution in [0.2, 0.25) is 6.43 Å². The second-order valence-electron chi connectivity index (χ2n) is 3.76. The fourth-order valence-corrected chi connectivity index (χ4v) is 1.54. The number of carboxylic acid groups (broad SMARTS) is 1. The number of benzene rings is 1. The average Bonchev–Trinajstić information content (AvgIpc) is 2.78. The van der Waals surface area contributed by atoms with E-state index in [9.17, 15) is 9.59 Å². The van der Waals surface area contributed by atoms with Crippen LogP contribution in [0.25, 0.3) is 12.6 Å². The number of halogens is 1. The first-order valence-corrected chi connectivity index (χ1v) is 5.88. The molecule has 0 aliphatic carbocycles. The normalized spacial score (nSPS) is 17.6. The van der Waals surface area contributed by atoms with Crippen molar-refractivity contribution in [3.05, 3.63) is 46.6 Å². The maximum Gasteiger partial charge on any atom is 0.322 e. The van der Waals surface area contributed by atoms with Crippen molar-refractivity contribution in [1.29, 1.82) is 2.86 Å². The summed E-state index contributed by atoms with van der Waals surface area (Å²) in [6.45, 7) is -4.14. The molecule has 22 heavy (non-hydrogen) atoms. The molecule has 1 amide bonds. The Balaban J connectivity index is 2.83. The zero-order valence-corrected chi connectivity index (χ0v) is 11.4. The van der Waals surface area contributed by atoms with Gasteiger partial charge in [0.15, 0.2) is 7.11 Å². The molecule has 0 atom stereocenters. The van der Waals surface area contributed by atoms with Crippen LogP contribution in [0.1, 0.15) is 27.0 Å². The lowest BCUT2D eigenvalue weighted by molar-refractivity contribution is -0.135. The van der Waals surface area contributed by atoms with Gasteiger partial charge in [-0.1, -0.05) is 17.6 Å². The molecule has 2 aromatic rings. The molecule has 114 valence electrons. The summed E-state index contributed by atoms with van der Waals surface area (Å²) in [6, 6.07) is -2.64. The summed E-state index contributed by atoms with van der Waals surface area (Å²) in [4.78, 5) is 27.5. The van der Waals surface area contributed by atoms with Gasteiger partial charge in [0.1, 0.15) is 12.2 Å². The van der Waals surface area contributed by atoms with Gasteiger partial charge in [-0.05, 0) is 36.2 Å². The van der Waals surface area contributed by atoms with E-state index in [1.807, 2.05) is 0 Å². The molecule has 1 heterocycles. The van der Waals surface area contributed by atoms with Gasteiger partial charge in [0.2, 0.25) is 0 Å². The number of rotatable bonds is 5. The van der Waals surface area contributed by atoms with Crippen molar-refractivity contribution in [2.45, 2.75) is 6.90 Å². The molecule has 0 saturated heterocycles. The molecule has 0 bridgehead atoms. The fraction of sp³-hybridized carbons (Fsp3) is 0.133. The lowest BCUT2D eigenvalue weighted by atomic mass is 10.0. The smallest absolute Gasteiger partial charge is 0.322 e. The van der Waals surface area contributed by atoms with E-state index in [0.29, 0.717) is 0 Å². The van der Waals surface area contributed by atoms with Crippen molar-refractivity contribution in [1.82, 2.24) is 10.3 Å². The number of aromatic nitrogens is 1. The zero-order chi connectivity index (χ0) is 25.4. The Hall–Kier alpha value is -2.60. The first-order chi connectivity index (χ1) is 15.3. The number of aliphatic carboxylic acids is 1. The predicted molar refractivity (Wildman–Crippen MR) is 81.1 cm³/mol. The van der Waals surface area contributed by atoms with Crippen molar-refractivity contribution in [3.8, 4) is 16.9 Å². The predicted octanol–water partition coefficient (Wildman–Crippen LogP) is 2.23. The number of hydrogen-bond acceptors (Lipinski definition) is 5. The van der Waals surface area contributed by atoms with Crippen LogP contribution < -0.4 is 5.31 Å². The molecule has 1 aromatic carbocycles. The standard InChI is InChI=1S/C15H13ClN2O4/c1-8-2-3-10(16)5-11(8)9-4-12(19)14(17-6-9)15(22)18-7-13(20)21/h2-6,19H,7H2,1H3,(H,18,22)(H,20,21)/i1D,2D,3D,4D,5D,6D,7D2/hD3. The topological polar surface area (TPSA) is 99.5 Å². The van der Waals surface area contributed by atoms with Crippen molar-refractivity contribution in [3.63, 3.8) is 0 Å². The summed E-state index contributed by atoms with van der Waals surface area (Å²) >= 11 is 5.91. The third-order valence-corrected chi connectivity index (χ3v) is 2.48. The van der Waals surface area contributed by atoms with Gasteiger partial charge in [0, 0.05) is 18.1 Å². The van der Waals surface area contributed by atoms with Crippen LogP contribution in [-0.4, -0.2) is 35.0 Å². The third kappa shape index (κ3) is 3.53. The highest BCUT2D eigenvalue weighted by Crippen LogP contribution is 2.29. The lowest BCUT2D eigenvalue weighted by Crippen LogP contribution is -2.29. The Bertz CT molecular complexity index is 1150. The van der Waals surface area contributed by atoms with Gasteiger partial charge in [-0.15, -0.1) is 0 Å². The van der Waals surface area contributed by atoms with E-state index >= 15 is 0 Å². The summed E-state index contributed by atoms with van der Waals surface area (Å²) in [5.74, 6) is -4.65. The van der Waals surface area contributed by atoms with Gasteiger partial charge in [0.05, 0.1) is 9.60 Å². The van der Waals surface area contributed by atoms with E-state index in [1.165, 1.54) is 0 Å². The molecular formula is C15H13ClN2O4. The van der Waals surface area contributed by atoms with Crippen LogP contribution in [0.15, 0.2) is 30.3 Å². The minimum Gasteiger partial charge on any atom is -0.505 e. The molecule has 0 radical (unpaired) electrons. The van der Waals surface area contributed by atoms with E-state index in [2.05, 4.69) is 15.2 Å². The molecule has 3 N–H and O–H groups in total. The van der Waals surface area contributed by atoms with Crippen LogP contribution in [0.5, 0.6) is 5.75 Å². The summed E-state index contributed by atoms with van der Waals surface area (Å²) < 4.78 is 84.2. The molecule has 0 unspecified atom stereocenters. The highest BCUT2D eigenvalue weighted by Gasteiger charge is 2.15. The third-order valence-electron chi connectivity index (χ3n) is 2.29. The molecule has 6 nitrogen and oxygen atoms in total. The summed E-state index contributed by atoms with van der Waals surface area (Å²) in [6.07, 6.45) is -0.919. The van der Waals surface area contributed by atoms with Crippen molar-refractivity contribution in [2.75, 3.05) is 6.50 Å². The summed E-state index contributed by atoms with van der Waals surface area (Å²) in [5.41, 5.74) is -2.31. The zero-order valence-electron chi connectivity index (χ0n) is 21.6. The quantitative estimate of drug-likeness (QED) is 0.780. The second kappa shape index (κ2) is 6.44. The van der Waals surface area contributed by atoms with Gasteiger partial charge in [-0.3, -0.25) is 9.59 Å². The Labute approximate surface area is 147 Å². The van der Waals surface area contributed by atoms with Crippen molar-refractivity contribution < 1.29 is 32.2 Å². The fourth-order valence-electron chi connectivity index (χ4n) is 1.40. The Kier molecular flexibility index (Phi) is 1.95. The average molecular weight is 332 g/mol. The maximum atomic E-state index is 12.6. The first-order valence-electron chi connectivity index (χ1n) is 11.0. The van der Waals surface area contributed by atoms with Crippen LogP contribution in [-0.2, 0) is 4.79 Å². The minimum atomic E-state index is -3.48. The van der Waals surface area contributed by atoms with E-state index in [0.717, 1.165) is 0 Å². The van der Waals surface area contributed by atoms with Crippen LogP contribution in [0.4, 0.5) is 0 Å². The second-order valence-corrected chi connectivity index (χ2v) is 4.14. The maximum absolute atomic E-state index is 12.6. The van der Waals surface area contributed by atoms with Crippen molar-refractivity contribution >= 4 is 23.5 Å². The molecule has 2 rings (SSSR count). The van der Waals surface area contributed by atoms with E-state index < -0.39 is 88.5 Å². The molecule has 0 saturated carbocycles. The van der Waals surface area contributed by atoms with Crippen LogP contribution in [0.3, 0.4) is 0 Å². The Morgan fingerprint density at radius 2 is 2.45 bits per heavy atom. The van der Waals surface area contributed by atoms with Crippen LogP contribution >= 0.6 is 11.6 Å². The van der Waals surface area contributed by atoms with Gasteiger partial charge in [-0.25, -0.2) is 4.98 Å². The first kappa shape index (κ1) is 6.66. The highest BCUT2D eigenvalue weighted by atomic mass is 35.5. The number of aromatic hydroxyl groups is 1. The molecule has 0 spiro atoms. The largest absolute Gasteiger partial charge is 0.505 e. The van der Waals surface area contributed by atoms with Gasteiger partial charge >= 0.3 is 5.97 Å². The highest BCUT2D eigenvalue weighted by molar-refractivity contribution is 6.30. The van der Waals surface area contributed by atoms with Crippen molar-refractivity contribution in [2.24, 2.45) is 0 Å². The molecular weight excluding hydrogens is 308 g/mol. The van der Waals surface area contributed by atoms with Gasteiger partial charge in [0.25, 0.3) is 8.77 Å². The minimum absolute atomic E-state index is 0.259. The number of nitrogens with one attached hydrogen (secondary N) is 1. The molecule has 0 fully saturated rings. The molecule has 0 aliphatic rings. The molecule has 7 heteroatoms. The summed E-state index contributed by atoms with van der Waals surface area (Å²) in [5, 5.41) is 6.60. The SMILES string of the molecule is [2H]Cc1c([2H])c([2H])c(Cl)c([2H])c1-c1c([2H])nc(C(=O)N([2H])C([2H])([2H])C(=O)O[2H])c(O[2H])c1[2H]. The molecule has 0 aliphatic heterocycles. The number of pyridine rings is 1. The summed E-state index contributed by atoms with van der Waals surface area (Å²) in [7, 11) is 0. The lowest BCUT2D eigenvalue weighted by Gasteiger charge is -2.09. The Morgan fingerprint density at radius 1 is 1.59 bits per heavy atom. The van der Waals surface area contributed by atoms with Gasteiger partial charge in [-0.2, -0.15) is 0 Å². The number of nitrogens with zero attached hydrogens (tertiary/aromatic N) is 1. The van der Waals surface area contributed by atoms with E-state index in [4.69, 9.17) is 26.8 Å². The Morgan fingerprint density at radius 3 is 3.18 bits per heavy atom. The van der Waals surface area contributed by atoms with Crippen LogP contribution in [0, 0.1) is 6.90 Å². The number of carboxylic acids is 1. The monoisotopic (exact) mass is 331 g/mol. The van der Waals surface area contributed by atoms with E-state index in [-0.39, 0.29) is 5.56 Å². The number of carbonyl (C=O) groups excluding carboxylic acids is 1.